The molecule has 0 saturated carbocycles. The van der Waals surface area contributed by atoms with Crippen LogP contribution in [-0.4, -0.2) is 18.9 Å². The van der Waals surface area contributed by atoms with Gasteiger partial charge in [-0.2, -0.15) is 0 Å². The summed E-state index contributed by atoms with van der Waals surface area (Å²) in [6.07, 6.45) is 8.62. The van der Waals surface area contributed by atoms with Gasteiger partial charge in [0.25, 0.3) is 0 Å². The second-order valence-corrected chi connectivity index (χ2v) is 3.55. The summed E-state index contributed by atoms with van der Waals surface area (Å²) in [5, 5.41) is 0. The van der Waals surface area contributed by atoms with Crippen LogP contribution in [0.2, 0.25) is 0 Å². The minimum atomic E-state index is 0.538. The average molecular weight is 177 g/mol. The normalized spacial score (nSPS) is 34.1. The first-order valence-corrected chi connectivity index (χ1v) is 4.92. The van der Waals surface area contributed by atoms with Crippen LogP contribution in [0.1, 0.15) is 19.8 Å². The van der Waals surface area contributed by atoms with Crippen molar-refractivity contribution in [2.75, 3.05) is 13.2 Å². The van der Waals surface area contributed by atoms with Crippen LogP contribution >= 0.6 is 0 Å². The number of rotatable bonds is 0. The van der Waals surface area contributed by atoms with Crippen LogP contribution in [0.25, 0.3) is 0 Å². The smallest absolute Gasteiger partial charge is 0.140 e. The molecule has 0 aromatic rings. The highest BCUT2D eigenvalue weighted by molar-refractivity contribution is 6.00. The Bertz CT molecular complexity index is 276. The lowest BCUT2D eigenvalue weighted by atomic mass is 9.95. The highest BCUT2D eigenvalue weighted by atomic mass is 16.5. The maximum absolute atomic E-state index is 5.57. The number of ether oxygens (including phenoxy) is 1. The topological polar surface area (TPSA) is 21.6 Å². The number of hydrogen-bond donors (Lipinski definition) is 0. The zero-order valence-electron chi connectivity index (χ0n) is 7.99. The van der Waals surface area contributed by atoms with Gasteiger partial charge in [0.2, 0.25) is 0 Å². The summed E-state index contributed by atoms with van der Waals surface area (Å²) in [7, 11) is 0. The fourth-order valence-electron chi connectivity index (χ4n) is 1.74. The van der Waals surface area contributed by atoms with Crippen LogP contribution in [0.3, 0.4) is 0 Å². The average Bonchev–Trinajstić information content (AvgIpc) is 2.14. The third-order valence-corrected chi connectivity index (χ3v) is 2.50. The Balaban J connectivity index is 2.30. The van der Waals surface area contributed by atoms with Crippen LogP contribution in [-0.2, 0) is 4.74 Å². The Hall–Kier alpha value is -1.05. The summed E-state index contributed by atoms with van der Waals surface area (Å²) in [6.45, 7) is 3.77. The van der Waals surface area contributed by atoms with E-state index < -0.39 is 0 Å². The van der Waals surface area contributed by atoms with E-state index in [1.807, 2.05) is 6.08 Å². The summed E-state index contributed by atoms with van der Waals surface area (Å²) in [5.74, 6) is 1.52. The fraction of sp³-hybridized carbons (Fsp3) is 0.545. The molecule has 0 amide bonds. The highest BCUT2D eigenvalue weighted by Gasteiger charge is 2.19. The molecule has 2 nitrogen and oxygen atoms in total. The van der Waals surface area contributed by atoms with Gasteiger partial charge in [0, 0.05) is 5.92 Å². The maximum Gasteiger partial charge on any atom is 0.140 e. The number of fused-ring (bicyclic) bond motifs is 1. The summed E-state index contributed by atoms with van der Waals surface area (Å²) in [6, 6.07) is 0. The van der Waals surface area contributed by atoms with Crippen LogP contribution in [0.5, 0.6) is 0 Å². The van der Waals surface area contributed by atoms with Crippen molar-refractivity contribution in [2.45, 2.75) is 19.8 Å². The molecule has 1 aliphatic carbocycles. The molecule has 2 rings (SSSR count). The first kappa shape index (κ1) is 8.54. The van der Waals surface area contributed by atoms with E-state index in [4.69, 9.17) is 4.74 Å². The van der Waals surface area contributed by atoms with Gasteiger partial charge in [-0.1, -0.05) is 19.1 Å². The van der Waals surface area contributed by atoms with Crippen molar-refractivity contribution < 1.29 is 4.74 Å². The van der Waals surface area contributed by atoms with Crippen LogP contribution < -0.4 is 0 Å². The number of hydrogen-bond acceptors (Lipinski definition) is 2. The Kier molecular flexibility index (Phi) is 2.48. The van der Waals surface area contributed by atoms with Crippen molar-refractivity contribution >= 4 is 5.71 Å². The van der Waals surface area contributed by atoms with Gasteiger partial charge in [-0.15, -0.1) is 0 Å². The predicted molar refractivity (Wildman–Crippen MR) is 53.9 cm³/mol. The van der Waals surface area contributed by atoms with Crippen LogP contribution in [0.15, 0.2) is 29.0 Å². The van der Waals surface area contributed by atoms with E-state index in [0.29, 0.717) is 5.92 Å². The van der Waals surface area contributed by atoms with Crippen molar-refractivity contribution in [1.29, 1.82) is 0 Å². The van der Waals surface area contributed by atoms with E-state index in [9.17, 15) is 0 Å². The van der Waals surface area contributed by atoms with Crippen molar-refractivity contribution in [2.24, 2.45) is 10.9 Å². The summed E-state index contributed by atoms with van der Waals surface area (Å²) in [5.41, 5.74) is 1.16. The quantitative estimate of drug-likeness (QED) is 0.556. The van der Waals surface area contributed by atoms with Gasteiger partial charge < -0.3 is 4.74 Å². The molecule has 0 aromatic heterocycles. The molecule has 70 valence electrons. The molecule has 1 atom stereocenters. The molecule has 2 heteroatoms. The molecule has 13 heavy (non-hydrogen) atoms. The van der Waals surface area contributed by atoms with Crippen molar-refractivity contribution in [3.8, 4) is 0 Å². The predicted octanol–water partition coefficient (Wildman–Crippen LogP) is 2.33. The van der Waals surface area contributed by atoms with Gasteiger partial charge in [-0.05, 0) is 18.9 Å². The molecule has 0 radical (unpaired) electrons. The molecule has 2 aliphatic rings. The molecule has 0 aromatic carbocycles. The van der Waals surface area contributed by atoms with Gasteiger partial charge in [-0.3, -0.25) is 4.99 Å². The van der Waals surface area contributed by atoms with Gasteiger partial charge >= 0.3 is 0 Å². The molecule has 1 heterocycles. The molecule has 0 N–H and O–H groups in total. The van der Waals surface area contributed by atoms with E-state index in [2.05, 4.69) is 24.1 Å². The molecule has 1 unspecified atom stereocenters. The highest BCUT2D eigenvalue weighted by Crippen LogP contribution is 2.20. The molecule has 0 saturated heterocycles. The lowest BCUT2D eigenvalue weighted by Crippen LogP contribution is -2.22. The molecule has 0 fully saturated rings. The van der Waals surface area contributed by atoms with Crippen molar-refractivity contribution in [3.63, 3.8) is 0 Å². The van der Waals surface area contributed by atoms with E-state index in [-0.39, 0.29) is 0 Å². The van der Waals surface area contributed by atoms with Crippen LogP contribution in [0, 0.1) is 5.92 Å². The molecule has 0 bridgehead atoms. The summed E-state index contributed by atoms with van der Waals surface area (Å²) >= 11 is 0. The number of allylic oxidation sites excluding steroid dienone is 4. The molecule has 1 aliphatic heterocycles. The largest absolute Gasteiger partial charge is 0.490 e. The molecular formula is C11H15NO. The maximum atomic E-state index is 5.57. The Morgan fingerprint density at radius 1 is 1.54 bits per heavy atom. The Labute approximate surface area is 79.0 Å². The van der Waals surface area contributed by atoms with Gasteiger partial charge in [0.1, 0.15) is 12.4 Å². The number of nitrogens with zero attached hydrogens (tertiary/aromatic N) is 1. The SMILES string of the molecule is CC1CC/C=C\C=C2\OCCN=C21. The third kappa shape index (κ3) is 1.82. The van der Waals surface area contributed by atoms with Gasteiger partial charge in [0.15, 0.2) is 0 Å². The van der Waals surface area contributed by atoms with E-state index in [0.717, 1.165) is 31.0 Å². The second kappa shape index (κ2) is 3.77. The van der Waals surface area contributed by atoms with Crippen LogP contribution in [0.4, 0.5) is 0 Å². The first-order chi connectivity index (χ1) is 6.38. The fourth-order valence-corrected chi connectivity index (χ4v) is 1.74. The first-order valence-electron chi connectivity index (χ1n) is 4.92. The van der Waals surface area contributed by atoms with E-state index in [1.165, 1.54) is 6.42 Å². The molecular weight excluding hydrogens is 162 g/mol. The third-order valence-electron chi connectivity index (χ3n) is 2.50. The molecule has 0 spiro atoms. The standard InChI is InChI=1S/C11H15NO/c1-9-5-3-2-4-6-10-11(9)12-7-8-13-10/h2,4,6,9H,3,5,7-8H2,1H3/b4-2-,10-6+. The van der Waals surface area contributed by atoms with E-state index >= 15 is 0 Å². The zero-order chi connectivity index (χ0) is 9.10. The monoisotopic (exact) mass is 177 g/mol. The minimum absolute atomic E-state index is 0.538. The minimum Gasteiger partial charge on any atom is -0.490 e. The van der Waals surface area contributed by atoms with Gasteiger partial charge in [-0.25, -0.2) is 0 Å². The Morgan fingerprint density at radius 3 is 3.38 bits per heavy atom. The summed E-state index contributed by atoms with van der Waals surface area (Å²) < 4.78 is 5.57. The summed E-state index contributed by atoms with van der Waals surface area (Å²) in [4.78, 5) is 4.52. The van der Waals surface area contributed by atoms with Gasteiger partial charge in [0.05, 0.1) is 12.3 Å². The van der Waals surface area contributed by atoms with Crippen molar-refractivity contribution in [1.82, 2.24) is 0 Å². The Morgan fingerprint density at radius 2 is 2.46 bits per heavy atom. The van der Waals surface area contributed by atoms with E-state index in [1.54, 1.807) is 0 Å². The second-order valence-electron chi connectivity index (χ2n) is 3.55. The lowest BCUT2D eigenvalue weighted by molar-refractivity contribution is 0.228. The lowest BCUT2D eigenvalue weighted by Gasteiger charge is -2.22. The van der Waals surface area contributed by atoms with Crippen molar-refractivity contribution in [3.05, 3.63) is 24.0 Å². The number of aliphatic imine (C=N–C) groups is 1. The zero-order valence-corrected chi connectivity index (χ0v) is 7.99.